The van der Waals surface area contributed by atoms with Gasteiger partial charge in [0.05, 0.1) is 12.5 Å². The molecular weight excluding hydrogens is 243 g/mol. The maximum absolute atomic E-state index is 11.9. The number of nitrogens with zero attached hydrogens (tertiary/aromatic N) is 1. The topological polar surface area (TPSA) is 61.8 Å². The van der Waals surface area contributed by atoms with Crippen molar-refractivity contribution in [2.45, 2.75) is 25.4 Å². The Hall–Kier alpha value is -1.90. The minimum atomic E-state index is -4.12. The fraction of sp³-hybridized carbons (Fsp3) is 0.417. The first kappa shape index (κ1) is 14.2. The summed E-state index contributed by atoms with van der Waals surface area (Å²) in [6.07, 6.45) is -4.72. The molecule has 0 saturated heterocycles. The largest absolute Gasteiger partial charge is 0.398 e. The van der Waals surface area contributed by atoms with Crippen molar-refractivity contribution in [1.29, 1.82) is 5.26 Å². The average Bonchev–Trinajstić information content (AvgIpc) is 2.28. The second kappa shape index (κ2) is 6.15. The molecule has 0 fully saturated rings. The lowest BCUT2D eigenvalue weighted by atomic mass is 10.1. The third-order valence-electron chi connectivity index (χ3n) is 2.38. The van der Waals surface area contributed by atoms with Crippen LogP contribution >= 0.6 is 0 Å². The van der Waals surface area contributed by atoms with Crippen molar-refractivity contribution in [3.63, 3.8) is 0 Å². The van der Waals surface area contributed by atoms with Gasteiger partial charge in [-0.15, -0.1) is 0 Å². The van der Waals surface area contributed by atoms with Crippen LogP contribution in [0.4, 0.5) is 24.5 Å². The molecule has 1 aromatic rings. The molecule has 0 aliphatic heterocycles. The second-order valence-corrected chi connectivity index (χ2v) is 3.89. The predicted octanol–water partition coefficient (Wildman–Crippen LogP) is 3.09. The first-order chi connectivity index (χ1) is 8.42. The average molecular weight is 257 g/mol. The molecular formula is C12H14F3N3. The summed E-state index contributed by atoms with van der Waals surface area (Å²) < 4.78 is 35.8. The monoisotopic (exact) mass is 257 g/mol. The van der Waals surface area contributed by atoms with Crippen molar-refractivity contribution < 1.29 is 13.2 Å². The van der Waals surface area contributed by atoms with Crippen LogP contribution in [0.1, 0.15) is 18.4 Å². The van der Waals surface area contributed by atoms with Crippen LogP contribution in [0.25, 0.3) is 0 Å². The van der Waals surface area contributed by atoms with Gasteiger partial charge in [0, 0.05) is 24.3 Å². The SMILES string of the molecule is N#CCc1cc(NCCCC(F)(F)F)ccc1N. The van der Waals surface area contributed by atoms with Gasteiger partial charge in [-0.1, -0.05) is 0 Å². The van der Waals surface area contributed by atoms with Crippen molar-refractivity contribution in [1.82, 2.24) is 0 Å². The quantitative estimate of drug-likeness (QED) is 0.629. The van der Waals surface area contributed by atoms with Gasteiger partial charge < -0.3 is 11.1 Å². The molecule has 0 amide bonds. The molecule has 3 N–H and O–H groups in total. The Morgan fingerprint density at radius 2 is 2.06 bits per heavy atom. The lowest BCUT2D eigenvalue weighted by molar-refractivity contribution is -0.134. The van der Waals surface area contributed by atoms with Gasteiger partial charge in [0.1, 0.15) is 0 Å². The van der Waals surface area contributed by atoms with E-state index in [0.29, 0.717) is 16.9 Å². The highest BCUT2D eigenvalue weighted by atomic mass is 19.4. The van der Waals surface area contributed by atoms with E-state index in [1.54, 1.807) is 18.2 Å². The van der Waals surface area contributed by atoms with Crippen molar-refractivity contribution >= 4 is 11.4 Å². The van der Waals surface area contributed by atoms with Gasteiger partial charge >= 0.3 is 6.18 Å². The number of nitrogens with two attached hydrogens (primary N) is 1. The molecule has 0 radical (unpaired) electrons. The standard InChI is InChI=1S/C12H14F3N3/c13-12(14,15)5-1-7-18-10-2-3-11(17)9(8-10)4-6-16/h2-3,8,18H,1,4-5,7,17H2. The molecule has 0 saturated carbocycles. The molecule has 0 aliphatic carbocycles. The van der Waals surface area contributed by atoms with Crippen LogP contribution in [-0.2, 0) is 6.42 Å². The summed E-state index contributed by atoms with van der Waals surface area (Å²) >= 11 is 0. The van der Waals surface area contributed by atoms with E-state index >= 15 is 0 Å². The molecule has 0 unspecified atom stereocenters. The summed E-state index contributed by atoms with van der Waals surface area (Å²) in [7, 11) is 0. The molecule has 1 rings (SSSR count). The number of nitrogen functional groups attached to an aromatic ring is 1. The minimum Gasteiger partial charge on any atom is -0.398 e. The lowest BCUT2D eigenvalue weighted by Crippen LogP contribution is -2.11. The van der Waals surface area contributed by atoms with Crippen molar-refractivity contribution in [3.05, 3.63) is 23.8 Å². The lowest BCUT2D eigenvalue weighted by Gasteiger charge is -2.10. The zero-order valence-corrected chi connectivity index (χ0v) is 9.72. The summed E-state index contributed by atoms with van der Waals surface area (Å²) in [5.41, 5.74) is 7.53. The Morgan fingerprint density at radius 1 is 1.33 bits per heavy atom. The minimum absolute atomic E-state index is 0.0153. The highest BCUT2D eigenvalue weighted by Crippen LogP contribution is 2.22. The van der Waals surface area contributed by atoms with Crippen LogP contribution in [0.2, 0.25) is 0 Å². The Balaban J connectivity index is 2.48. The number of anilines is 2. The third kappa shape index (κ3) is 4.95. The Morgan fingerprint density at radius 3 is 2.67 bits per heavy atom. The number of alkyl halides is 3. The summed E-state index contributed by atoms with van der Waals surface area (Å²) in [5, 5.41) is 11.5. The number of halogens is 3. The van der Waals surface area contributed by atoms with Crippen LogP contribution in [0.3, 0.4) is 0 Å². The van der Waals surface area contributed by atoms with E-state index in [9.17, 15) is 13.2 Å². The van der Waals surface area contributed by atoms with Gasteiger partial charge in [-0.05, 0) is 30.2 Å². The van der Waals surface area contributed by atoms with E-state index in [1.165, 1.54) is 0 Å². The van der Waals surface area contributed by atoms with Gasteiger partial charge in [0.2, 0.25) is 0 Å². The van der Waals surface area contributed by atoms with E-state index in [1.807, 2.05) is 6.07 Å². The van der Waals surface area contributed by atoms with E-state index in [0.717, 1.165) is 0 Å². The van der Waals surface area contributed by atoms with E-state index in [2.05, 4.69) is 5.32 Å². The molecule has 0 aromatic heterocycles. The smallest absolute Gasteiger partial charge is 0.389 e. The van der Waals surface area contributed by atoms with Crippen molar-refractivity contribution in [3.8, 4) is 6.07 Å². The van der Waals surface area contributed by atoms with Gasteiger partial charge in [0.15, 0.2) is 0 Å². The fourth-order valence-electron chi connectivity index (χ4n) is 1.48. The number of hydrogen-bond donors (Lipinski definition) is 2. The Labute approximate surface area is 103 Å². The van der Waals surface area contributed by atoms with Crippen LogP contribution in [0, 0.1) is 11.3 Å². The van der Waals surface area contributed by atoms with Crippen molar-refractivity contribution in [2.24, 2.45) is 0 Å². The van der Waals surface area contributed by atoms with Crippen LogP contribution in [0.5, 0.6) is 0 Å². The zero-order chi connectivity index (χ0) is 13.6. The number of rotatable bonds is 5. The molecule has 0 spiro atoms. The van der Waals surface area contributed by atoms with Crippen LogP contribution < -0.4 is 11.1 Å². The van der Waals surface area contributed by atoms with Gasteiger partial charge in [-0.25, -0.2) is 0 Å². The highest BCUT2D eigenvalue weighted by molar-refractivity contribution is 5.57. The van der Waals surface area contributed by atoms with Crippen molar-refractivity contribution in [2.75, 3.05) is 17.6 Å². The van der Waals surface area contributed by atoms with E-state index < -0.39 is 12.6 Å². The molecule has 0 aliphatic rings. The molecule has 0 heterocycles. The van der Waals surface area contributed by atoms with Gasteiger partial charge in [0.25, 0.3) is 0 Å². The maximum atomic E-state index is 11.9. The first-order valence-electron chi connectivity index (χ1n) is 5.48. The highest BCUT2D eigenvalue weighted by Gasteiger charge is 2.25. The predicted molar refractivity (Wildman–Crippen MR) is 64.0 cm³/mol. The fourth-order valence-corrected chi connectivity index (χ4v) is 1.48. The Kier molecular flexibility index (Phi) is 4.84. The molecule has 1 aromatic carbocycles. The summed E-state index contributed by atoms with van der Waals surface area (Å²) in [6, 6.07) is 6.99. The molecule has 98 valence electrons. The van der Waals surface area contributed by atoms with E-state index in [-0.39, 0.29) is 19.4 Å². The maximum Gasteiger partial charge on any atom is 0.389 e. The first-order valence-corrected chi connectivity index (χ1v) is 5.48. The second-order valence-electron chi connectivity index (χ2n) is 3.89. The van der Waals surface area contributed by atoms with E-state index in [4.69, 9.17) is 11.0 Å². The number of nitrogens with one attached hydrogen (secondary N) is 1. The third-order valence-corrected chi connectivity index (χ3v) is 2.38. The number of benzene rings is 1. The normalized spacial score (nSPS) is 11.0. The van der Waals surface area contributed by atoms with Gasteiger partial charge in [-0.2, -0.15) is 18.4 Å². The number of nitriles is 1. The molecule has 3 nitrogen and oxygen atoms in total. The Bertz CT molecular complexity index is 435. The van der Waals surface area contributed by atoms with Gasteiger partial charge in [-0.3, -0.25) is 0 Å². The van der Waals surface area contributed by atoms with Crippen LogP contribution in [0.15, 0.2) is 18.2 Å². The molecule has 6 heteroatoms. The molecule has 18 heavy (non-hydrogen) atoms. The molecule has 0 atom stereocenters. The number of hydrogen-bond acceptors (Lipinski definition) is 3. The summed E-state index contributed by atoms with van der Waals surface area (Å²) in [5.74, 6) is 0. The summed E-state index contributed by atoms with van der Waals surface area (Å²) in [4.78, 5) is 0. The zero-order valence-electron chi connectivity index (χ0n) is 9.72. The molecule has 0 bridgehead atoms. The summed E-state index contributed by atoms with van der Waals surface area (Å²) in [6.45, 7) is 0.232. The van der Waals surface area contributed by atoms with Crippen LogP contribution in [-0.4, -0.2) is 12.7 Å².